The van der Waals surface area contributed by atoms with Crippen LogP contribution in [-0.2, 0) is 16.0 Å². The average Bonchev–Trinajstić information content (AvgIpc) is 2.46. The molecule has 1 heterocycles. The second-order valence-electron chi connectivity index (χ2n) is 3.99. The molecular formula is C15H15NO2. The van der Waals surface area contributed by atoms with Crippen LogP contribution in [0.5, 0.6) is 0 Å². The zero-order valence-corrected chi connectivity index (χ0v) is 10.3. The molecule has 0 unspecified atom stereocenters. The van der Waals surface area contributed by atoms with E-state index in [1.54, 1.807) is 6.20 Å². The van der Waals surface area contributed by atoms with E-state index in [1.165, 1.54) is 7.11 Å². The number of pyridine rings is 1. The minimum Gasteiger partial charge on any atom is -0.469 e. The van der Waals surface area contributed by atoms with E-state index >= 15 is 0 Å². The van der Waals surface area contributed by atoms with E-state index in [0.29, 0.717) is 12.8 Å². The van der Waals surface area contributed by atoms with Crippen LogP contribution < -0.4 is 0 Å². The van der Waals surface area contributed by atoms with Gasteiger partial charge in [0.1, 0.15) is 0 Å². The van der Waals surface area contributed by atoms with E-state index in [2.05, 4.69) is 9.72 Å². The average molecular weight is 241 g/mol. The Morgan fingerprint density at radius 2 is 1.94 bits per heavy atom. The lowest BCUT2D eigenvalue weighted by molar-refractivity contribution is -0.140. The zero-order valence-electron chi connectivity index (χ0n) is 10.3. The maximum atomic E-state index is 11.0. The number of hydrogen-bond donors (Lipinski definition) is 0. The summed E-state index contributed by atoms with van der Waals surface area (Å²) in [5.74, 6) is -0.177. The first-order chi connectivity index (χ1) is 8.79. The first kappa shape index (κ1) is 12.3. The molecule has 0 aliphatic heterocycles. The van der Waals surface area contributed by atoms with Gasteiger partial charge in [-0.15, -0.1) is 0 Å². The Labute approximate surface area is 106 Å². The largest absolute Gasteiger partial charge is 0.469 e. The molecule has 0 amide bonds. The molecule has 18 heavy (non-hydrogen) atoms. The second-order valence-corrected chi connectivity index (χ2v) is 3.99. The molecule has 0 saturated heterocycles. The normalized spacial score (nSPS) is 10.1. The molecule has 2 rings (SSSR count). The van der Waals surface area contributed by atoms with Gasteiger partial charge in [0.2, 0.25) is 0 Å². The summed E-state index contributed by atoms with van der Waals surface area (Å²) in [7, 11) is 1.41. The number of nitrogens with zero attached hydrogens (tertiary/aromatic N) is 1. The van der Waals surface area contributed by atoms with Crippen LogP contribution in [0.25, 0.3) is 11.3 Å². The van der Waals surface area contributed by atoms with Crippen molar-refractivity contribution >= 4 is 5.97 Å². The van der Waals surface area contributed by atoms with Crippen molar-refractivity contribution in [2.75, 3.05) is 7.11 Å². The highest BCUT2D eigenvalue weighted by Gasteiger charge is 2.02. The van der Waals surface area contributed by atoms with Gasteiger partial charge in [-0.3, -0.25) is 9.78 Å². The predicted molar refractivity (Wildman–Crippen MR) is 70.0 cm³/mol. The van der Waals surface area contributed by atoms with E-state index in [0.717, 1.165) is 16.8 Å². The van der Waals surface area contributed by atoms with Gasteiger partial charge in [-0.1, -0.05) is 30.3 Å². The number of hydrogen-bond acceptors (Lipinski definition) is 3. The molecule has 0 bridgehead atoms. The van der Waals surface area contributed by atoms with Gasteiger partial charge in [-0.05, 0) is 24.1 Å². The van der Waals surface area contributed by atoms with Crippen molar-refractivity contribution in [2.45, 2.75) is 12.8 Å². The second kappa shape index (κ2) is 5.96. The van der Waals surface area contributed by atoms with Crippen molar-refractivity contribution in [3.63, 3.8) is 0 Å². The lowest BCUT2D eigenvalue weighted by Gasteiger charge is -2.03. The number of carbonyl (C=O) groups excluding carboxylic acids is 1. The maximum absolute atomic E-state index is 11.0. The molecule has 0 radical (unpaired) electrons. The summed E-state index contributed by atoms with van der Waals surface area (Å²) in [6, 6.07) is 13.9. The third-order valence-corrected chi connectivity index (χ3v) is 2.76. The summed E-state index contributed by atoms with van der Waals surface area (Å²) < 4.78 is 4.62. The van der Waals surface area contributed by atoms with Crippen LogP contribution in [0.2, 0.25) is 0 Å². The van der Waals surface area contributed by atoms with Gasteiger partial charge in [-0.2, -0.15) is 0 Å². The number of benzene rings is 1. The molecule has 92 valence electrons. The third kappa shape index (κ3) is 3.17. The van der Waals surface area contributed by atoms with Gasteiger partial charge < -0.3 is 4.74 Å². The number of rotatable bonds is 4. The van der Waals surface area contributed by atoms with E-state index in [4.69, 9.17) is 0 Å². The quantitative estimate of drug-likeness (QED) is 0.773. The van der Waals surface area contributed by atoms with Gasteiger partial charge in [-0.25, -0.2) is 0 Å². The Morgan fingerprint density at radius 1 is 1.17 bits per heavy atom. The van der Waals surface area contributed by atoms with E-state index in [-0.39, 0.29) is 5.97 Å². The number of carbonyl (C=O) groups is 1. The fourth-order valence-electron chi connectivity index (χ4n) is 1.72. The SMILES string of the molecule is COC(=O)CCc1ccc(-c2ccccn2)cc1. The molecule has 0 saturated carbocycles. The van der Waals surface area contributed by atoms with Crippen LogP contribution in [-0.4, -0.2) is 18.1 Å². The van der Waals surface area contributed by atoms with E-state index in [1.807, 2.05) is 42.5 Å². The highest BCUT2D eigenvalue weighted by molar-refractivity contribution is 5.69. The molecular weight excluding hydrogens is 226 g/mol. The van der Waals surface area contributed by atoms with E-state index < -0.39 is 0 Å². The first-order valence-corrected chi connectivity index (χ1v) is 5.87. The smallest absolute Gasteiger partial charge is 0.305 e. The topological polar surface area (TPSA) is 39.2 Å². The Hall–Kier alpha value is -2.16. The van der Waals surface area contributed by atoms with Crippen molar-refractivity contribution < 1.29 is 9.53 Å². The monoisotopic (exact) mass is 241 g/mol. The molecule has 2 aromatic rings. The molecule has 0 aliphatic rings. The number of aromatic nitrogens is 1. The van der Waals surface area contributed by atoms with Gasteiger partial charge in [0.15, 0.2) is 0 Å². The first-order valence-electron chi connectivity index (χ1n) is 5.87. The summed E-state index contributed by atoms with van der Waals surface area (Å²) in [4.78, 5) is 15.3. The molecule has 0 spiro atoms. The van der Waals surface area contributed by atoms with Gasteiger partial charge in [0.05, 0.1) is 12.8 Å². The van der Waals surface area contributed by atoms with Crippen molar-refractivity contribution in [3.05, 3.63) is 54.2 Å². The molecule has 0 atom stereocenters. The summed E-state index contributed by atoms with van der Waals surface area (Å²) in [5, 5.41) is 0. The summed E-state index contributed by atoms with van der Waals surface area (Å²) in [6.07, 6.45) is 2.90. The van der Waals surface area contributed by atoms with Gasteiger partial charge in [0.25, 0.3) is 0 Å². The Balaban J connectivity index is 2.04. The molecule has 0 fully saturated rings. The predicted octanol–water partition coefficient (Wildman–Crippen LogP) is 2.85. The maximum Gasteiger partial charge on any atom is 0.305 e. The lowest BCUT2D eigenvalue weighted by Crippen LogP contribution is -2.01. The van der Waals surface area contributed by atoms with Crippen molar-refractivity contribution in [3.8, 4) is 11.3 Å². The number of methoxy groups -OCH3 is 1. The summed E-state index contributed by atoms with van der Waals surface area (Å²) in [5.41, 5.74) is 3.16. The third-order valence-electron chi connectivity index (χ3n) is 2.76. The fourth-order valence-corrected chi connectivity index (χ4v) is 1.72. The number of aryl methyl sites for hydroxylation is 1. The molecule has 0 aliphatic carbocycles. The Morgan fingerprint density at radius 3 is 2.56 bits per heavy atom. The fraction of sp³-hybridized carbons (Fsp3) is 0.200. The van der Waals surface area contributed by atoms with E-state index in [9.17, 15) is 4.79 Å². The molecule has 3 nitrogen and oxygen atoms in total. The van der Waals surface area contributed by atoms with Crippen LogP contribution in [0.15, 0.2) is 48.7 Å². The number of esters is 1. The minimum atomic E-state index is -0.177. The standard InChI is InChI=1S/C15H15NO2/c1-18-15(17)10-7-12-5-8-13(9-6-12)14-4-2-3-11-16-14/h2-6,8-9,11H,7,10H2,1H3. The summed E-state index contributed by atoms with van der Waals surface area (Å²) >= 11 is 0. The van der Waals surface area contributed by atoms with Crippen molar-refractivity contribution in [1.82, 2.24) is 4.98 Å². The number of ether oxygens (including phenoxy) is 1. The minimum absolute atomic E-state index is 0.177. The lowest BCUT2D eigenvalue weighted by atomic mass is 10.1. The Kier molecular flexibility index (Phi) is 4.07. The van der Waals surface area contributed by atoms with Crippen LogP contribution in [0, 0.1) is 0 Å². The Bertz CT molecular complexity index is 506. The molecule has 1 aromatic heterocycles. The van der Waals surface area contributed by atoms with Crippen molar-refractivity contribution in [1.29, 1.82) is 0 Å². The van der Waals surface area contributed by atoms with Crippen LogP contribution in [0.4, 0.5) is 0 Å². The molecule has 0 N–H and O–H groups in total. The molecule has 3 heteroatoms. The zero-order chi connectivity index (χ0) is 12.8. The van der Waals surface area contributed by atoms with Crippen LogP contribution in [0.1, 0.15) is 12.0 Å². The van der Waals surface area contributed by atoms with Gasteiger partial charge >= 0.3 is 5.97 Å². The van der Waals surface area contributed by atoms with Crippen LogP contribution in [0.3, 0.4) is 0 Å². The van der Waals surface area contributed by atoms with Crippen molar-refractivity contribution in [2.24, 2.45) is 0 Å². The van der Waals surface area contributed by atoms with Gasteiger partial charge in [0, 0.05) is 18.2 Å². The molecule has 1 aromatic carbocycles. The van der Waals surface area contributed by atoms with Crippen LogP contribution >= 0.6 is 0 Å². The summed E-state index contributed by atoms with van der Waals surface area (Å²) in [6.45, 7) is 0. The highest BCUT2D eigenvalue weighted by Crippen LogP contribution is 2.17. The highest BCUT2D eigenvalue weighted by atomic mass is 16.5.